The van der Waals surface area contributed by atoms with E-state index in [2.05, 4.69) is 242 Å². The summed E-state index contributed by atoms with van der Waals surface area (Å²) >= 11 is 0. The van der Waals surface area contributed by atoms with E-state index >= 15 is 0 Å². The van der Waals surface area contributed by atoms with Gasteiger partial charge in [-0.25, -0.2) is 0 Å². The number of rotatable bonds is 3. The molecule has 0 aromatic heterocycles. The molecule has 12 rings (SSSR count). The Hall–Kier alpha value is 0. The third-order valence-electron chi connectivity index (χ3n) is 30.8. The van der Waals surface area contributed by atoms with Gasteiger partial charge in [0, 0.05) is 0 Å². The lowest BCUT2D eigenvalue weighted by molar-refractivity contribution is 0.0202. The molecule has 0 spiro atoms. The molecule has 0 amide bonds. The van der Waals surface area contributed by atoms with Crippen molar-refractivity contribution in [2.45, 2.75) is 441 Å². The molecule has 0 radical (unpaired) electrons. The third-order valence-corrected chi connectivity index (χ3v) is 30.8. The second-order valence-corrected chi connectivity index (χ2v) is 47.3. The highest BCUT2D eigenvalue weighted by Crippen LogP contribution is 2.60. The van der Waals surface area contributed by atoms with Crippen molar-refractivity contribution < 1.29 is 0 Å². The molecular weight excluding hydrogens is 1130 g/mol. The predicted molar refractivity (Wildman–Crippen MR) is 426 cm³/mol. The van der Waals surface area contributed by atoms with Crippen LogP contribution in [0.15, 0.2) is 0 Å². The van der Waals surface area contributed by atoms with E-state index in [1.54, 1.807) is 32.1 Å². The zero-order chi connectivity index (χ0) is 72.1. The van der Waals surface area contributed by atoms with Gasteiger partial charge in [-0.05, 0) is 313 Å². The molecule has 0 heterocycles. The highest BCUT2D eigenvalue weighted by atomic mass is 14.6. The highest BCUT2D eigenvalue weighted by molar-refractivity contribution is 5.01. The first-order chi connectivity index (χ1) is 42.4. The van der Waals surface area contributed by atoms with E-state index in [1.165, 1.54) is 167 Å². The number of fused-ring (bicyclic) bond motifs is 6. The Morgan fingerprint density at radius 1 is 0.298 bits per heavy atom. The first-order valence-electron chi connectivity index (χ1n) is 42.4. The van der Waals surface area contributed by atoms with Crippen LogP contribution in [0, 0.1) is 159 Å². The summed E-state index contributed by atoms with van der Waals surface area (Å²) in [7, 11) is 0. The Morgan fingerprint density at radius 3 is 0.947 bits per heavy atom. The second-order valence-electron chi connectivity index (χ2n) is 47.3. The van der Waals surface area contributed by atoms with Crippen LogP contribution in [-0.4, -0.2) is 0 Å². The maximum atomic E-state index is 2.46. The number of hydrogen-bond donors (Lipinski definition) is 0. The Balaban J connectivity index is 0.000000226. The van der Waals surface area contributed by atoms with Crippen molar-refractivity contribution in [3.05, 3.63) is 0 Å². The van der Waals surface area contributed by atoms with Crippen LogP contribution in [0.3, 0.4) is 0 Å². The smallest absolute Gasteiger partial charge is 0.0297 e. The van der Waals surface area contributed by atoms with Crippen LogP contribution >= 0.6 is 0 Å². The van der Waals surface area contributed by atoms with Crippen molar-refractivity contribution in [2.24, 2.45) is 159 Å². The van der Waals surface area contributed by atoms with E-state index in [0.29, 0.717) is 70.4 Å². The monoisotopic (exact) mass is 1310 g/mol. The van der Waals surface area contributed by atoms with Crippen molar-refractivity contribution in [1.82, 2.24) is 0 Å². The third kappa shape index (κ3) is 26.4. The SMILES string of the molecule is CC1(C)CC(C)(C)CC(C)(C)C1.CC1C(C)(C)CCCC1(C)C.CC1C2CCC(C2)[C@H]1C.CC1CC(C)(C)CC(C)(C)C1.CC1CCC(C)(C)CC1.CCC1C(C)(C)CCC1(C)C.CCC1CC(C)(C)CC(C)(C)C1.CCC1CC2CCC1C2.C[C@@H]1C2CCC(C2)C1(C)C. The van der Waals surface area contributed by atoms with Gasteiger partial charge in [0.05, 0.1) is 0 Å². The van der Waals surface area contributed by atoms with Crippen molar-refractivity contribution in [3.63, 3.8) is 0 Å². The Labute approximate surface area is 597 Å². The number of hydrogen-bond acceptors (Lipinski definition) is 0. The molecule has 0 saturated heterocycles. The van der Waals surface area contributed by atoms with Crippen molar-refractivity contribution >= 4 is 0 Å². The molecule has 0 aromatic carbocycles. The fourth-order valence-electron chi connectivity index (χ4n) is 26.9. The summed E-state index contributed by atoms with van der Waals surface area (Å²) in [5, 5.41) is 0. The normalized spacial score (nSPS) is 36.3. The van der Waals surface area contributed by atoms with Crippen molar-refractivity contribution in [1.29, 1.82) is 0 Å². The zero-order valence-electron chi connectivity index (χ0n) is 72.1. The summed E-state index contributed by atoms with van der Waals surface area (Å²) < 4.78 is 0. The molecule has 0 N–H and O–H groups in total. The van der Waals surface area contributed by atoms with E-state index < -0.39 is 0 Å². The molecule has 0 heteroatoms. The average molecular weight is 1310 g/mol. The summed E-state index contributed by atoms with van der Waals surface area (Å²) in [5.41, 5.74) is 7.64. The second kappa shape index (κ2) is 33.2. The van der Waals surface area contributed by atoms with Crippen molar-refractivity contribution in [3.8, 4) is 0 Å². The summed E-state index contributed by atoms with van der Waals surface area (Å²) in [6, 6.07) is 0. The fourth-order valence-corrected chi connectivity index (χ4v) is 26.9. The minimum Gasteiger partial charge on any atom is -0.0651 e. The van der Waals surface area contributed by atoms with E-state index in [1.807, 2.05) is 0 Å². The van der Waals surface area contributed by atoms with E-state index in [0.717, 1.165) is 88.8 Å². The van der Waals surface area contributed by atoms with Gasteiger partial charge in [-0.15, -0.1) is 0 Å². The van der Waals surface area contributed by atoms with Gasteiger partial charge in [0.2, 0.25) is 0 Å². The summed E-state index contributed by atoms with van der Waals surface area (Å²) in [5.74, 6) is 15.6. The molecule has 12 aliphatic rings. The van der Waals surface area contributed by atoms with Gasteiger partial charge in [-0.1, -0.05) is 287 Å². The van der Waals surface area contributed by atoms with Crippen LogP contribution in [0.5, 0.6) is 0 Å². The van der Waals surface area contributed by atoms with Gasteiger partial charge < -0.3 is 0 Å². The zero-order valence-corrected chi connectivity index (χ0v) is 72.1. The topological polar surface area (TPSA) is 0 Å². The first kappa shape index (κ1) is 86.4. The largest absolute Gasteiger partial charge is 0.0651 e. The Morgan fingerprint density at radius 2 is 0.691 bits per heavy atom. The lowest BCUT2D eigenvalue weighted by Crippen LogP contribution is -2.38. The molecule has 8 unspecified atom stereocenters. The van der Waals surface area contributed by atoms with Crippen LogP contribution in [0.25, 0.3) is 0 Å². The molecule has 6 bridgehead atoms. The molecule has 12 fully saturated rings. The summed E-state index contributed by atoms with van der Waals surface area (Å²) in [4.78, 5) is 0. The lowest BCUT2D eigenvalue weighted by Gasteiger charge is -2.49. The maximum Gasteiger partial charge on any atom is -0.0297 e. The average Bonchev–Trinajstić information content (AvgIpc) is 1.54. The minimum atomic E-state index is 0.547. The van der Waals surface area contributed by atoms with E-state index in [9.17, 15) is 0 Å². The Bertz CT molecular complexity index is 2040. The van der Waals surface area contributed by atoms with Gasteiger partial charge in [-0.3, -0.25) is 0 Å². The summed E-state index contributed by atoms with van der Waals surface area (Å²) in [6.07, 6.45) is 45.1. The van der Waals surface area contributed by atoms with Crippen LogP contribution in [0.2, 0.25) is 0 Å². The Kier molecular flexibility index (Phi) is 30.5. The molecule has 0 nitrogen and oxygen atoms in total. The fraction of sp³-hybridized carbons (Fsp3) is 1.00. The quantitative estimate of drug-likeness (QED) is 0.264. The lowest BCUT2D eigenvalue weighted by atomic mass is 9.56. The van der Waals surface area contributed by atoms with Gasteiger partial charge >= 0.3 is 0 Å². The van der Waals surface area contributed by atoms with Gasteiger partial charge in [0.25, 0.3) is 0 Å². The van der Waals surface area contributed by atoms with E-state index in [4.69, 9.17) is 0 Å². The molecule has 558 valence electrons. The predicted octanol–water partition coefficient (Wildman–Crippen LogP) is 31.9. The van der Waals surface area contributed by atoms with Crippen LogP contribution < -0.4 is 0 Å². The minimum absolute atomic E-state index is 0.547. The van der Waals surface area contributed by atoms with Gasteiger partial charge in [0.1, 0.15) is 0 Å². The van der Waals surface area contributed by atoms with Gasteiger partial charge in [-0.2, -0.15) is 0 Å². The molecular formula is C94H182. The molecule has 12 saturated carbocycles. The molecule has 10 atom stereocenters. The standard InChI is InChI=1S/2C12H24.3C11H22.C10H18.2C9H16.C9H18/c1-10(2)7-11(3,4)9-12(5,6)8-10;1-6-10-7-11(2,3)9-12(4,5)8-10;1-9-6-10(2,3)8-11(4,5)7-9;1-9-10(2,3)7-6-8-11(9,4)5;1-6-9-10(2,3)7-8-11(9,4)5;1-7-8-4-5-9(6-8)10(7,2)3;1-6-7(2)9-4-3-8(6)5-9;1-2-8-5-7-3-4-9(8)6-7;1-8-4-6-9(2,3)7-5-8/h7-9H2,1-6H3;10H,6-9H2,1-5H3;3*9H,6-8H2,1-5H3;7-9H,4-6H2,1-3H3;6-9H,3-5H2,1-2H3;7-9H,2-6H2,1H3;8H,4-7H2,1-3H3/t;;;;;7-,8?,9?;6-,7?,8?,9?;;/m.....10../s1. The van der Waals surface area contributed by atoms with Crippen LogP contribution in [-0.2, 0) is 0 Å². The van der Waals surface area contributed by atoms with Gasteiger partial charge in [0.15, 0.2) is 0 Å². The summed E-state index contributed by atoms with van der Waals surface area (Å²) in [6.45, 7) is 84.4. The highest BCUT2D eigenvalue weighted by Gasteiger charge is 2.51. The molecule has 94 heavy (non-hydrogen) atoms. The van der Waals surface area contributed by atoms with Crippen LogP contribution in [0.4, 0.5) is 0 Å². The van der Waals surface area contributed by atoms with Crippen molar-refractivity contribution in [2.75, 3.05) is 0 Å². The maximum absolute atomic E-state index is 2.46. The first-order valence-corrected chi connectivity index (χ1v) is 42.4. The molecule has 12 aliphatic carbocycles. The molecule has 0 aromatic rings. The van der Waals surface area contributed by atoms with E-state index in [-0.39, 0.29) is 0 Å². The molecule has 0 aliphatic heterocycles. The van der Waals surface area contributed by atoms with Crippen LogP contribution in [0.1, 0.15) is 441 Å².